The third-order valence-electron chi connectivity index (χ3n) is 4.85. The number of thioether (sulfide) groups is 1. The van der Waals surface area contributed by atoms with Crippen LogP contribution in [0.4, 0.5) is 11.4 Å². The number of hydrogen-bond donors (Lipinski definition) is 2. The van der Waals surface area contributed by atoms with Crippen molar-refractivity contribution in [2.75, 3.05) is 16.4 Å². The Morgan fingerprint density at radius 1 is 1.10 bits per heavy atom. The first-order valence-electron chi connectivity index (χ1n) is 9.83. The molecule has 1 aliphatic heterocycles. The van der Waals surface area contributed by atoms with Gasteiger partial charge in [-0.2, -0.15) is 0 Å². The Hall–Kier alpha value is -2.96. The Morgan fingerprint density at radius 2 is 1.81 bits per heavy atom. The van der Waals surface area contributed by atoms with Gasteiger partial charge >= 0.3 is 0 Å². The molecule has 3 aromatic rings. The summed E-state index contributed by atoms with van der Waals surface area (Å²) in [4.78, 5) is 24.5. The van der Waals surface area contributed by atoms with Crippen molar-refractivity contribution in [1.29, 1.82) is 0 Å². The van der Waals surface area contributed by atoms with Crippen LogP contribution in [0.15, 0.2) is 72.8 Å². The SMILES string of the molecule is CC1Oc2ccc(NC(=O)CSC(c3ccccc3)c3ccc(Cl)cc3)cc2NC1=O. The molecule has 0 spiro atoms. The van der Waals surface area contributed by atoms with E-state index < -0.39 is 6.10 Å². The molecule has 3 aromatic carbocycles. The largest absolute Gasteiger partial charge is 0.479 e. The van der Waals surface area contributed by atoms with E-state index in [1.54, 1.807) is 36.9 Å². The molecule has 2 atom stereocenters. The molecule has 1 heterocycles. The number of fused-ring (bicyclic) bond motifs is 1. The van der Waals surface area contributed by atoms with Gasteiger partial charge < -0.3 is 15.4 Å². The van der Waals surface area contributed by atoms with Crippen molar-refractivity contribution in [3.8, 4) is 5.75 Å². The van der Waals surface area contributed by atoms with Gasteiger partial charge in [-0.25, -0.2) is 0 Å². The maximum absolute atomic E-state index is 12.6. The topological polar surface area (TPSA) is 67.4 Å². The van der Waals surface area contributed by atoms with Crippen LogP contribution in [0.1, 0.15) is 23.3 Å². The average molecular weight is 453 g/mol. The van der Waals surface area contributed by atoms with Crippen LogP contribution in [0.25, 0.3) is 0 Å². The van der Waals surface area contributed by atoms with Crippen molar-refractivity contribution in [2.24, 2.45) is 0 Å². The number of rotatable bonds is 6. The third kappa shape index (κ3) is 5.21. The molecule has 0 saturated carbocycles. The van der Waals surface area contributed by atoms with Gasteiger partial charge in [0, 0.05) is 10.7 Å². The molecule has 0 radical (unpaired) electrons. The molecule has 0 aliphatic carbocycles. The highest BCUT2D eigenvalue weighted by Crippen LogP contribution is 2.36. The number of ether oxygens (including phenoxy) is 1. The molecule has 5 nitrogen and oxygen atoms in total. The number of carbonyl (C=O) groups is 2. The number of anilines is 2. The first-order chi connectivity index (χ1) is 15.0. The molecule has 31 heavy (non-hydrogen) atoms. The standard InChI is InChI=1S/C24H21ClN2O3S/c1-15-24(29)27-20-13-19(11-12-21(20)30-15)26-22(28)14-31-23(16-5-3-2-4-6-16)17-7-9-18(25)10-8-17/h2-13,15,23H,14H2,1H3,(H,26,28)(H,27,29). The van der Waals surface area contributed by atoms with Crippen LogP contribution in [0.5, 0.6) is 5.75 Å². The molecule has 158 valence electrons. The Balaban J connectivity index is 1.44. The fraction of sp³-hybridized carbons (Fsp3) is 0.167. The summed E-state index contributed by atoms with van der Waals surface area (Å²) in [5.41, 5.74) is 3.35. The molecular weight excluding hydrogens is 432 g/mol. The highest BCUT2D eigenvalue weighted by Gasteiger charge is 2.24. The van der Waals surface area contributed by atoms with E-state index in [1.807, 2.05) is 42.5 Å². The van der Waals surface area contributed by atoms with Crippen molar-refractivity contribution < 1.29 is 14.3 Å². The van der Waals surface area contributed by atoms with E-state index in [1.165, 1.54) is 0 Å². The number of amides is 2. The molecule has 0 bridgehead atoms. The van der Waals surface area contributed by atoms with Crippen LogP contribution in [-0.2, 0) is 9.59 Å². The number of benzene rings is 3. The molecule has 1 aliphatic rings. The maximum atomic E-state index is 12.6. The van der Waals surface area contributed by atoms with Crippen LogP contribution in [0, 0.1) is 0 Å². The summed E-state index contributed by atoms with van der Waals surface area (Å²) in [6.45, 7) is 1.69. The second-order valence-corrected chi connectivity index (χ2v) is 8.69. The van der Waals surface area contributed by atoms with Gasteiger partial charge in [0.2, 0.25) is 5.91 Å². The quantitative estimate of drug-likeness (QED) is 0.516. The molecule has 2 unspecified atom stereocenters. The maximum Gasteiger partial charge on any atom is 0.265 e. The Labute approximate surface area is 190 Å². The zero-order valence-electron chi connectivity index (χ0n) is 16.8. The summed E-state index contributed by atoms with van der Waals surface area (Å²) in [5.74, 6) is 0.516. The van der Waals surface area contributed by atoms with E-state index in [2.05, 4.69) is 22.8 Å². The summed E-state index contributed by atoms with van der Waals surface area (Å²) in [5, 5.41) is 6.37. The van der Waals surface area contributed by atoms with Crippen molar-refractivity contribution in [3.05, 3.63) is 88.9 Å². The molecular formula is C24H21ClN2O3S. The lowest BCUT2D eigenvalue weighted by Gasteiger charge is -2.23. The molecule has 7 heteroatoms. The predicted molar refractivity (Wildman–Crippen MR) is 126 cm³/mol. The van der Waals surface area contributed by atoms with E-state index in [4.69, 9.17) is 16.3 Å². The normalized spacial score (nSPS) is 15.9. The smallest absolute Gasteiger partial charge is 0.265 e. The van der Waals surface area contributed by atoms with Gasteiger partial charge in [-0.15, -0.1) is 11.8 Å². The molecule has 0 aromatic heterocycles. The van der Waals surface area contributed by atoms with Crippen LogP contribution in [0.3, 0.4) is 0 Å². The first kappa shape index (κ1) is 21.3. The van der Waals surface area contributed by atoms with Crippen LogP contribution in [0.2, 0.25) is 5.02 Å². The predicted octanol–water partition coefficient (Wildman–Crippen LogP) is 5.52. The van der Waals surface area contributed by atoms with E-state index in [0.717, 1.165) is 11.1 Å². The van der Waals surface area contributed by atoms with Gasteiger partial charge in [-0.3, -0.25) is 9.59 Å². The van der Waals surface area contributed by atoms with Crippen LogP contribution < -0.4 is 15.4 Å². The summed E-state index contributed by atoms with van der Waals surface area (Å²) >= 11 is 7.58. The van der Waals surface area contributed by atoms with Crippen molar-refractivity contribution >= 4 is 46.6 Å². The van der Waals surface area contributed by atoms with Crippen molar-refractivity contribution in [1.82, 2.24) is 0 Å². The third-order valence-corrected chi connectivity index (χ3v) is 6.41. The van der Waals surface area contributed by atoms with Gasteiger partial charge in [0.1, 0.15) is 5.75 Å². The minimum atomic E-state index is -0.535. The Kier molecular flexibility index (Phi) is 6.49. The number of carbonyl (C=O) groups excluding carboxylic acids is 2. The second-order valence-electron chi connectivity index (χ2n) is 7.16. The lowest BCUT2D eigenvalue weighted by atomic mass is 10.0. The fourth-order valence-corrected chi connectivity index (χ4v) is 4.51. The minimum absolute atomic E-state index is 0.00178. The van der Waals surface area contributed by atoms with E-state index >= 15 is 0 Å². The monoisotopic (exact) mass is 452 g/mol. The minimum Gasteiger partial charge on any atom is -0.479 e. The first-order valence-corrected chi connectivity index (χ1v) is 11.3. The fourth-order valence-electron chi connectivity index (χ4n) is 3.29. The highest BCUT2D eigenvalue weighted by atomic mass is 35.5. The van der Waals surface area contributed by atoms with Crippen molar-refractivity contribution in [2.45, 2.75) is 18.3 Å². The highest BCUT2D eigenvalue weighted by molar-refractivity contribution is 8.00. The zero-order valence-corrected chi connectivity index (χ0v) is 18.4. The Morgan fingerprint density at radius 3 is 2.55 bits per heavy atom. The molecule has 0 saturated heterocycles. The lowest BCUT2D eigenvalue weighted by Crippen LogP contribution is -2.34. The zero-order chi connectivity index (χ0) is 21.8. The van der Waals surface area contributed by atoms with E-state index in [-0.39, 0.29) is 22.8 Å². The van der Waals surface area contributed by atoms with Crippen LogP contribution in [-0.4, -0.2) is 23.7 Å². The summed E-state index contributed by atoms with van der Waals surface area (Å²) in [7, 11) is 0. The number of halogens is 1. The molecule has 0 fully saturated rings. The van der Waals surface area contributed by atoms with E-state index in [9.17, 15) is 9.59 Å². The lowest BCUT2D eigenvalue weighted by molar-refractivity contribution is -0.122. The van der Waals surface area contributed by atoms with Gasteiger partial charge in [-0.1, -0.05) is 54.1 Å². The molecule has 4 rings (SSSR count). The van der Waals surface area contributed by atoms with Gasteiger partial charge in [-0.05, 0) is 48.4 Å². The van der Waals surface area contributed by atoms with Crippen LogP contribution >= 0.6 is 23.4 Å². The average Bonchev–Trinajstić information content (AvgIpc) is 2.77. The van der Waals surface area contributed by atoms with Gasteiger partial charge in [0.05, 0.1) is 16.7 Å². The summed E-state index contributed by atoms with van der Waals surface area (Å²) in [6.07, 6.45) is -0.535. The number of hydrogen-bond acceptors (Lipinski definition) is 4. The van der Waals surface area contributed by atoms with E-state index in [0.29, 0.717) is 22.1 Å². The summed E-state index contributed by atoms with van der Waals surface area (Å²) in [6, 6.07) is 23.0. The van der Waals surface area contributed by atoms with Crippen molar-refractivity contribution in [3.63, 3.8) is 0 Å². The summed E-state index contributed by atoms with van der Waals surface area (Å²) < 4.78 is 5.55. The molecule has 2 amide bonds. The van der Waals surface area contributed by atoms with Gasteiger partial charge in [0.15, 0.2) is 6.10 Å². The molecule has 2 N–H and O–H groups in total. The number of nitrogens with one attached hydrogen (secondary N) is 2. The Bertz CT molecular complexity index is 1090. The van der Waals surface area contributed by atoms with Gasteiger partial charge in [0.25, 0.3) is 5.91 Å². The second kappa shape index (κ2) is 9.45.